The van der Waals surface area contributed by atoms with Crippen molar-refractivity contribution in [3.05, 3.63) is 66.2 Å². The third kappa shape index (κ3) is 2.59. The molecular formula is C16H14FN3. The van der Waals surface area contributed by atoms with Crippen molar-refractivity contribution in [2.75, 3.05) is 5.32 Å². The number of rotatable bonds is 3. The molecule has 1 N–H and O–H groups in total. The number of anilines is 1. The predicted octanol–water partition coefficient (Wildman–Crippen LogP) is 3.94. The normalized spacial score (nSPS) is 12.3. The molecular weight excluding hydrogens is 253 g/mol. The molecule has 20 heavy (non-hydrogen) atoms. The quantitative estimate of drug-likeness (QED) is 0.781. The zero-order valence-corrected chi connectivity index (χ0v) is 11.0. The molecule has 3 rings (SSSR count). The molecule has 0 fully saturated rings. The van der Waals surface area contributed by atoms with Gasteiger partial charge in [-0.15, -0.1) is 0 Å². The number of fused-ring (bicyclic) bond motifs is 1. The summed E-state index contributed by atoms with van der Waals surface area (Å²) in [5.74, 6) is -0.222. The average Bonchev–Trinajstić information content (AvgIpc) is 2.47. The largest absolute Gasteiger partial charge is 0.378 e. The lowest BCUT2D eigenvalue weighted by Crippen LogP contribution is -2.06. The molecule has 1 unspecified atom stereocenters. The van der Waals surface area contributed by atoms with E-state index in [9.17, 15) is 4.39 Å². The monoisotopic (exact) mass is 267 g/mol. The Morgan fingerprint density at radius 3 is 2.60 bits per heavy atom. The number of hydrogen-bond acceptors (Lipinski definition) is 3. The van der Waals surface area contributed by atoms with E-state index in [1.807, 2.05) is 31.2 Å². The molecule has 0 aliphatic carbocycles. The third-order valence-corrected chi connectivity index (χ3v) is 3.20. The number of nitrogens with zero attached hydrogens (tertiary/aromatic N) is 2. The van der Waals surface area contributed by atoms with Crippen molar-refractivity contribution < 1.29 is 4.39 Å². The first-order valence-corrected chi connectivity index (χ1v) is 6.45. The van der Waals surface area contributed by atoms with Gasteiger partial charge >= 0.3 is 0 Å². The zero-order chi connectivity index (χ0) is 13.9. The summed E-state index contributed by atoms with van der Waals surface area (Å²) in [5, 5.41) is 3.34. The van der Waals surface area contributed by atoms with Gasteiger partial charge in [0.1, 0.15) is 5.82 Å². The van der Waals surface area contributed by atoms with E-state index in [1.54, 1.807) is 24.5 Å². The van der Waals surface area contributed by atoms with Crippen LogP contribution in [0.1, 0.15) is 18.5 Å². The molecule has 0 aliphatic rings. The second-order valence-electron chi connectivity index (χ2n) is 4.68. The highest BCUT2D eigenvalue weighted by molar-refractivity contribution is 5.78. The van der Waals surface area contributed by atoms with Crippen LogP contribution in [-0.4, -0.2) is 9.97 Å². The SMILES string of the molecule is CC(Nc1ccc2nccnc2c1)c1cccc(F)c1. The van der Waals surface area contributed by atoms with Gasteiger partial charge in [-0.25, -0.2) is 4.39 Å². The van der Waals surface area contributed by atoms with E-state index in [0.29, 0.717) is 0 Å². The molecule has 0 saturated heterocycles. The molecule has 1 heterocycles. The molecule has 0 spiro atoms. The Bertz CT molecular complexity index is 742. The van der Waals surface area contributed by atoms with E-state index < -0.39 is 0 Å². The van der Waals surface area contributed by atoms with Gasteiger partial charge in [-0.05, 0) is 42.8 Å². The highest BCUT2D eigenvalue weighted by Gasteiger charge is 2.07. The maximum atomic E-state index is 13.2. The Morgan fingerprint density at radius 2 is 1.80 bits per heavy atom. The molecule has 2 aromatic carbocycles. The zero-order valence-electron chi connectivity index (χ0n) is 11.0. The summed E-state index contributed by atoms with van der Waals surface area (Å²) in [4.78, 5) is 8.50. The van der Waals surface area contributed by atoms with Crippen LogP contribution in [-0.2, 0) is 0 Å². The second kappa shape index (κ2) is 5.25. The summed E-state index contributed by atoms with van der Waals surface area (Å²) < 4.78 is 13.2. The second-order valence-corrected chi connectivity index (χ2v) is 4.68. The number of aromatic nitrogens is 2. The summed E-state index contributed by atoms with van der Waals surface area (Å²) in [7, 11) is 0. The van der Waals surface area contributed by atoms with Crippen molar-refractivity contribution in [1.82, 2.24) is 9.97 Å². The number of hydrogen-bond donors (Lipinski definition) is 1. The maximum Gasteiger partial charge on any atom is 0.123 e. The fourth-order valence-corrected chi connectivity index (χ4v) is 2.16. The van der Waals surface area contributed by atoms with Crippen molar-refractivity contribution in [3.8, 4) is 0 Å². The van der Waals surface area contributed by atoms with E-state index in [1.165, 1.54) is 6.07 Å². The van der Waals surface area contributed by atoms with Gasteiger partial charge in [0.2, 0.25) is 0 Å². The van der Waals surface area contributed by atoms with Crippen LogP contribution in [0.5, 0.6) is 0 Å². The predicted molar refractivity (Wildman–Crippen MR) is 78.0 cm³/mol. The molecule has 0 amide bonds. The molecule has 0 aliphatic heterocycles. The minimum absolute atomic E-state index is 0.0137. The molecule has 4 heteroatoms. The molecule has 3 aromatic rings. The van der Waals surface area contributed by atoms with Crippen molar-refractivity contribution >= 4 is 16.7 Å². The van der Waals surface area contributed by atoms with Gasteiger partial charge in [0, 0.05) is 24.1 Å². The van der Waals surface area contributed by atoms with Crippen molar-refractivity contribution in [3.63, 3.8) is 0 Å². The van der Waals surface area contributed by atoms with Gasteiger partial charge < -0.3 is 5.32 Å². The number of halogens is 1. The lowest BCUT2D eigenvalue weighted by Gasteiger charge is -2.16. The highest BCUT2D eigenvalue weighted by atomic mass is 19.1. The van der Waals surface area contributed by atoms with Gasteiger partial charge in [0.05, 0.1) is 11.0 Å². The van der Waals surface area contributed by atoms with Crippen LogP contribution >= 0.6 is 0 Å². The number of nitrogens with one attached hydrogen (secondary N) is 1. The molecule has 0 saturated carbocycles. The molecule has 100 valence electrons. The Kier molecular flexibility index (Phi) is 3.29. The Balaban J connectivity index is 1.85. The van der Waals surface area contributed by atoms with Crippen LogP contribution in [0.15, 0.2) is 54.9 Å². The van der Waals surface area contributed by atoms with E-state index >= 15 is 0 Å². The van der Waals surface area contributed by atoms with Crippen molar-refractivity contribution in [2.45, 2.75) is 13.0 Å². The van der Waals surface area contributed by atoms with Gasteiger partial charge in [-0.3, -0.25) is 9.97 Å². The first-order chi connectivity index (χ1) is 9.72. The standard InChI is InChI=1S/C16H14FN3/c1-11(12-3-2-4-13(17)9-12)20-14-5-6-15-16(10-14)19-8-7-18-15/h2-11,20H,1H3. The Labute approximate surface area is 116 Å². The van der Waals surface area contributed by atoms with Gasteiger partial charge in [-0.2, -0.15) is 0 Å². The van der Waals surface area contributed by atoms with Gasteiger partial charge in [-0.1, -0.05) is 12.1 Å². The Hall–Kier alpha value is -2.49. The van der Waals surface area contributed by atoms with Crippen LogP contribution in [0.2, 0.25) is 0 Å². The fraction of sp³-hybridized carbons (Fsp3) is 0.125. The Morgan fingerprint density at radius 1 is 1.00 bits per heavy atom. The van der Waals surface area contributed by atoms with E-state index in [2.05, 4.69) is 15.3 Å². The van der Waals surface area contributed by atoms with Crippen LogP contribution in [0, 0.1) is 5.82 Å². The first-order valence-electron chi connectivity index (χ1n) is 6.45. The third-order valence-electron chi connectivity index (χ3n) is 3.20. The van der Waals surface area contributed by atoms with Crippen molar-refractivity contribution in [2.24, 2.45) is 0 Å². The summed E-state index contributed by atoms with van der Waals surface area (Å²) >= 11 is 0. The molecule has 1 aromatic heterocycles. The van der Waals surface area contributed by atoms with Crippen LogP contribution < -0.4 is 5.32 Å². The highest BCUT2D eigenvalue weighted by Crippen LogP contribution is 2.22. The maximum absolute atomic E-state index is 13.2. The molecule has 3 nitrogen and oxygen atoms in total. The van der Waals surface area contributed by atoms with E-state index in [-0.39, 0.29) is 11.9 Å². The summed E-state index contributed by atoms with van der Waals surface area (Å²) in [6, 6.07) is 12.4. The summed E-state index contributed by atoms with van der Waals surface area (Å²) in [5.41, 5.74) is 3.54. The first kappa shape index (κ1) is 12.5. The van der Waals surface area contributed by atoms with E-state index in [4.69, 9.17) is 0 Å². The molecule has 1 atom stereocenters. The smallest absolute Gasteiger partial charge is 0.123 e. The lowest BCUT2D eigenvalue weighted by molar-refractivity contribution is 0.623. The fourth-order valence-electron chi connectivity index (χ4n) is 2.16. The van der Waals surface area contributed by atoms with E-state index in [0.717, 1.165) is 22.3 Å². The summed E-state index contributed by atoms with van der Waals surface area (Å²) in [6.45, 7) is 2.00. The van der Waals surface area contributed by atoms with Crippen LogP contribution in [0.4, 0.5) is 10.1 Å². The number of benzene rings is 2. The average molecular weight is 267 g/mol. The molecule has 0 bridgehead atoms. The van der Waals surface area contributed by atoms with Gasteiger partial charge in [0.25, 0.3) is 0 Å². The van der Waals surface area contributed by atoms with Crippen molar-refractivity contribution in [1.29, 1.82) is 0 Å². The van der Waals surface area contributed by atoms with Gasteiger partial charge in [0.15, 0.2) is 0 Å². The molecule has 0 radical (unpaired) electrons. The topological polar surface area (TPSA) is 37.8 Å². The minimum Gasteiger partial charge on any atom is -0.378 e. The minimum atomic E-state index is -0.222. The van der Waals surface area contributed by atoms with Crippen LogP contribution in [0.25, 0.3) is 11.0 Å². The summed E-state index contributed by atoms with van der Waals surface area (Å²) in [6.07, 6.45) is 3.34. The van der Waals surface area contributed by atoms with Crippen LogP contribution in [0.3, 0.4) is 0 Å². The lowest BCUT2D eigenvalue weighted by atomic mass is 10.1.